The summed E-state index contributed by atoms with van der Waals surface area (Å²) in [6.07, 6.45) is 0.271. The van der Waals surface area contributed by atoms with E-state index in [2.05, 4.69) is 6.58 Å². The molecule has 150 valence electrons. The smallest absolute Gasteiger partial charge is 0.186 e. The zero-order valence-corrected chi connectivity index (χ0v) is 16.2. The Labute approximate surface area is 166 Å². The minimum atomic E-state index is -0.510. The summed E-state index contributed by atoms with van der Waals surface area (Å²) in [5.74, 6) is 0. The average molecular weight is 384 g/mol. The number of rotatable bonds is 11. The number of ether oxygens (including phenoxy) is 5. The second-order valence-electron chi connectivity index (χ2n) is 6.63. The van der Waals surface area contributed by atoms with Gasteiger partial charge >= 0.3 is 0 Å². The summed E-state index contributed by atoms with van der Waals surface area (Å²) in [6.45, 7) is 5.51. The molecule has 0 aromatic heterocycles. The van der Waals surface area contributed by atoms with Crippen molar-refractivity contribution in [1.82, 2.24) is 0 Å². The van der Waals surface area contributed by atoms with Crippen LogP contribution in [-0.2, 0) is 36.9 Å². The van der Waals surface area contributed by atoms with Crippen molar-refractivity contribution in [3.63, 3.8) is 0 Å². The van der Waals surface area contributed by atoms with Gasteiger partial charge in [-0.2, -0.15) is 0 Å². The first-order chi connectivity index (χ1) is 13.8. The Morgan fingerprint density at radius 2 is 1.54 bits per heavy atom. The molecule has 0 aliphatic carbocycles. The molecule has 1 heterocycles. The molecule has 0 amide bonds. The van der Waals surface area contributed by atoms with E-state index in [0.717, 1.165) is 11.1 Å². The zero-order chi connectivity index (χ0) is 19.6. The van der Waals surface area contributed by atoms with Crippen LogP contribution >= 0.6 is 0 Å². The highest BCUT2D eigenvalue weighted by Gasteiger charge is 2.46. The summed E-state index contributed by atoms with van der Waals surface area (Å²) in [6, 6.07) is 20.1. The lowest BCUT2D eigenvalue weighted by molar-refractivity contribution is -0.170. The van der Waals surface area contributed by atoms with Crippen LogP contribution in [-0.4, -0.2) is 44.9 Å². The van der Waals surface area contributed by atoms with Gasteiger partial charge in [-0.25, -0.2) is 0 Å². The van der Waals surface area contributed by atoms with Gasteiger partial charge in [-0.3, -0.25) is 0 Å². The minimum Gasteiger partial charge on any atom is -0.374 e. The van der Waals surface area contributed by atoms with Crippen LogP contribution in [0.4, 0.5) is 0 Å². The molecule has 0 spiro atoms. The summed E-state index contributed by atoms with van der Waals surface area (Å²) in [4.78, 5) is 0. The SMILES string of the molecule is C=CCO[C@@H]1[C@@H](OCc2ccccc2)[C@H](OC)O[C@H]1COCc1ccccc1. The first kappa shape index (κ1) is 20.7. The molecule has 5 nitrogen and oxygen atoms in total. The first-order valence-corrected chi connectivity index (χ1v) is 9.49. The summed E-state index contributed by atoms with van der Waals surface area (Å²) in [7, 11) is 1.61. The van der Waals surface area contributed by atoms with Crippen LogP contribution in [0.25, 0.3) is 0 Å². The highest BCUT2D eigenvalue weighted by Crippen LogP contribution is 2.28. The Hall–Kier alpha value is -2.02. The molecule has 0 unspecified atom stereocenters. The predicted octanol–water partition coefficient (Wildman–Crippen LogP) is 3.73. The van der Waals surface area contributed by atoms with Crippen LogP contribution in [0.15, 0.2) is 73.3 Å². The van der Waals surface area contributed by atoms with Crippen LogP contribution in [0, 0.1) is 0 Å². The molecule has 1 aliphatic rings. The fraction of sp³-hybridized carbons (Fsp3) is 0.391. The zero-order valence-electron chi connectivity index (χ0n) is 16.2. The lowest BCUT2D eigenvalue weighted by Crippen LogP contribution is -2.39. The molecule has 3 rings (SSSR count). The molecule has 28 heavy (non-hydrogen) atoms. The van der Waals surface area contributed by atoms with Gasteiger partial charge in [-0.15, -0.1) is 6.58 Å². The normalized spacial score (nSPS) is 24.3. The Bertz CT molecular complexity index is 691. The van der Waals surface area contributed by atoms with Crippen LogP contribution in [0.3, 0.4) is 0 Å². The average Bonchev–Trinajstić information content (AvgIpc) is 3.08. The van der Waals surface area contributed by atoms with E-state index in [0.29, 0.717) is 26.4 Å². The molecular weight excluding hydrogens is 356 g/mol. The fourth-order valence-corrected chi connectivity index (χ4v) is 3.21. The van der Waals surface area contributed by atoms with E-state index in [9.17, 15) is 0 Å². The summed E-state index contributed by atoms with van der Waals surface area (Å²) >= 11 is 0. The maximum atomic E-state index is 6.13. The van der Waals surface area contributed by atoms with Gasteiger partial charge in [0.05, 0.1) is 26.4 Å². The highest BCUT2D eigenvalue weighted by atomic mass is 16.7. The van der Waals surface area contributed by atoms with Gasteiger partial charge in [0.1, 0.15) is 18.3 Å². The molecule has 1 fully saturated rings. The Morgan fingerprint density at radius 3 is 2.14 bits per heavy atom. The van der Waals surface area contributed by atoms with E-state index in [1.54, 1.807) is 13.2 Å². The van der Waals surface area contributed by atoms with Crippen molar-refractivity contribution < 1.29 is 23.7 Å². The van der Waals surface area contributed by atoms with E-state index < -0.39 is 6.29 Å². The lowest BCUT2D eigenvalue weighted by atomic mass is 10.1. The maximum absolute atomic E-state index is 6.13. The van der Waals surface area contributed by atoms with Crippen molar-refractivity contribution in [2.24, 2.45) is 0 Å². The van der Waals surface area contributed by atoms with Gasteiger partial charge in [-0.05, 0) is 11.1 Å². The molecule has 1 saturated heterocycles. The molecular formula is C23H28O5. The van der Waals surface area contributed by atoms with Crippen molar-refractivity contribution in [1.29, 1.82) is 0 Å². The van der Waals surface area contributed by atoms with E-state index in [4.69, 9.17) is 23.7 Å². The second kappa shape index (κ2) is 11.1. The Kier molecular flexibility index (Phi) is 8.21. The van der Waals surface area contributed by atoms with Gasteiger partial charge in [-0.1, -0.05) is 66.7 Å². The number of benzene rings is 2. The Morgan fingerprint density at radius 1 is 0.893 bits per heavy atom. The molecule has 1 aliphatic heterocycles. The summed E-state index contributed by atoms with van der Waals surface area (Å²) in [5.41, 5.74) is 2.20. The van der Waals surface area contributed by atoms with Gasteiger partial charge < -0.3 is 23.7 Å². The highest BCUT2D eigenvalue weighted by molar-refractivity contribution is 5.14. The monoisotopic (exact) mass is 384 g/mol. The van der Waals surface area contributed by atoms with Crippen LogP contribution in [0.5, 0.6) is 0 Å². The third-order valence-electron chi connectivity index (χ3n) is 4.59. The van der Waals surface area contributed by atoms with Crippen LogP contribution in [0.1, 0.15) is 11.1 Å². The van der Waals surface area contributed by atoms with Crippen LogP contribution < -0.4 is 0 Å². The van der Waals surface area contributed by atoms with E-state index in [1.165, 1.54) is 0 Å². The lowest BCUT2D eigenvalue weighted by Gasteiger charge is -2.24. The molecule has 0 saturated carbocycles. The maximum Gasteiger partial charge on any atom is 0.186 e. The standard InChI is InChI=1S/C23H28O5/c1-3-14-26-21-20(17-25-15-18-10-6-4-7-11-18)28-23(24-2)22(21)27-16-19-12-8-5-9-13-19/h3-13,20-23H,1,14-17H2,2H3/t20-,21-,22+,23+/m0/s1. The summed E-state index contributed by atoms with van der Waals surface area (Å²) in [5, 5.41) is 0. The third kappa shape index (κ3) is 5.74. The van der Waals surface area contributed by atoms with Gasteiger partial charge in [0.2, 0.25) is 0 Å². The van der Waals surface area contributed by atoms with Crippen molar-refractivity contribution in [2.45, 2.75) is 37.8 Å². The largest absolute Gasteiger partial charge is 0.374 e. The fourth-order valence-electron chi connectivity index (χ4n) is 3.21. The van der Waals surface area contributed by atoms with Gasteiger partial charge in [0.15, 0.2) is 6.29 Å². The summed E-state index contributed by atoms with van der Waals surface area (Å²) < 4.78 is 29.5. The van der Waals surface area contributed by atoms with Gasteiger partial charge in [0.25, 0.3) is 0 Å². The molecule has 0 bridgehead atoms. The van der Waals surface area contributed by atoms with Crippen LogP contribution in [0.2, 0.25) is 0 Å². The Balaban J connectivity index is 1.60. The number of hydrogen-bond acceptors (Lipinski definition) is 5. The molecule has 0 N–H and O–H groups in total. The topological polar surface area (TPSA) is 46.2 Å². The van der Waals surface area contributed by atoms with E-state index in [1.807, 2.05) is 60.7 Å². The molecule has 2 aromatic carbocycles. The van der Waals surface area contributed by atoms with E-state index >= 15 is 0 Å². The quantitative estimate of drug-likeness (QED) is 0.553. The number of hydrogen-bond donors (Lipinski definition) is 0. The predicted molar refractivity (Wildman–Crippen MR) is 107 cm³/mol. The van der Waals surface area contributed by atoms with E-state index in [-0.39, 0.29) is 18.3 Å². The molecule has 0 radical (unpaired) electrons. The van der Waals surface area contributed by atoms with Crippen molar-refractivity contribution >= 4 is 0 Å². The molecule has 4 atom stereocenters. The van der Waals surface area contributed by atoms with Crippen molar-refractivity contribution in [2.75, 3.05) is 20.3 Å². The molecule has 2 aromatic rings. The third-order valence-corrected chi connectivity index (χ3v) is 4.59. The first-order valence-electron chi connectivity index (χ1n) is 9.49. The van der Waals surface area contributed by atoms with Gasteiger partial charge in [0, 0.05) is 7.11 Å². The van der Waals surface area contributed by atoms with Crippen molar-refractivity contribution in [3.05, 3.63) is 84.4 Å². The second-order valence-corrected chi connectivity index (χ2v) is 6.63. The minimum absolute atomic E-state index is 0.283. The molecule has 5 heteroatoms. The number of methoxy groups -OCH3 is 1. The van der Waals surface area contributed by atoms with Crippen molar-refractivity contribution in [3.8, 4) is 0 Å².